The predicted octanol–water partition coefficient (Wildman–Crippen LogP) is 0.177. The van der Waals surface area contributed by atoms with Crippen molar-refractivity contribution in [2.45, 2.75) is 39.8 Å². The maximum absolute atomic E-state index is 7.00. The topological polar surface area (TPSA) is 63.8 Å². The first kappa shape index (κ1) is 16.5. The molecule has 0 atom stereocenters. The highest BCUT2D eigenvalue weighted by atomic mass is 16.2. The van der Waals surface area contributed by atoms with Crippen LogP contribution in [0.25, 0.3) is 0 Å². The van der Waals surface area contributed by atoms with Crippen LogP contribution < -0.4 is 5.32 Å². The molecule has 0 fully saturated rings. The molecule has 0 aromatic heterocycles. The van der Waals surface area contributed by atoms with Crippen molar-refractivity contribution in [3.05, 3.63) is 0 Å². The van der Waals surface area contributed by atoms with Crippen LogP contribution in [0.5, 0.6) is 0 Å². The molecule has 10 heavy (non-hydrogen) atoms. The first-order valence-electron chi connectivity index (χ1n) is 3.33. The lowest BCUT2D eigenvalue weighted by molar-refractivity contribution is 0.399. The van der Waals surface area contributed by atoms with E-state index in [1.54, 1.807) is 0 Å². The van der Waals surface area contributed by atoms with Crippen LogP contribution in [-0.2, 0) is 0 Å². The summed E-state index contributed by atoms with van der Waals surface area (Å²) in [5, 5.41) is 10.3. The molecule has 0 aromatic rings. The van der Waals surface area contributed by atoms with Gasteiger partial charge in [0.05, 0.1) is 0 Å². The summed E-state index contributed by atoms with van der Waals surface area (Å²) >= 11 is 0. The SMILES string of the molecule is CC(C)NC(C)C.CO.O. The molecule has 0 amide bonds. The van der Waals surface area contributed by atoms with E-state index in [2.05, 4.69) is 33.0 Å². The number of rotatable bonds is 2. The van der Waals surface area contributed by atoms with Gasteiger partial charge in [-0.25, -0.2) is 0 Å². The fourth-order valence-electron chi connectivity index (χ4n) is 0.667. The highest BCUT2D eigenvalue weighted by molar-refractivity contribution is 4.55. The zero-order chi connectivity index (χ0) is 7.86. The minimum absolute atomic E-state index is 0. The molecule has 3 heteroatoms. The van der Waals surface area contributed by atoms with Gasteiger partial charge in [0.25, 0.3) is 0 Å². The molecular formula is C7H21NO2. The van der Waals surface area contributed by atoms with Crippen molar-refractivity contribution in [3.8, 4) is 0 Å². The van der Waals surface area contributed by atoms with Crippen LogP contribution >= 0.6 is 0 Å². The lowest BCUT2D eigenvalue weighted by atomic mass is 10.3. The van der Waals surface area contributed by atoms with Crippen LogP contribution in [0.2, 0.25) is 0 Å². The van der Waals surface area contributed by atoms with E-state index >= 15 is 0 Å². The van der Waals surface area contributed by atoms with Gasteiger partial charge >= 0.3 is 0 Å². The third-order valence-corrected chi connectivity index (χ3v) is 0.667. The molecule has 3 nitrogen and oxygen atoms in total. The zero-order valence-electron chi connectivity index (χ0n) is 7.60. The third kappa shape index (κ3) is 24.8. The van der Waals surface area contributed by atoms with Crippen molar-refractivity contribution in [1.82, 2.24) is 5.32 Å². The van der Waals surface area contributed by atoms with Crippen molar-refractivity contribution >= 4 is 0 Å². The molecule has 66 valence electrons. The van der Waals surface area contributed by atoms with Gasteiger partial charge in [-0.3, -0.25) is 0 Å². The Morgan fingerprint density at radius 2 is 1.10 bits per heavy atom. The first-order chi connectivity index (χ1) is 4.13. The van der Waals surface area contributed by atoms with Crippen molar-refractivity contribution in [1.29, 1.82) is 0 Å². The maximum atomic E-state index is 7.00. The minimum Gasteiger partial charge on any atom is -0.412 e. The third-order valence-electron chi connectivity index (χ3n) is 0.667. The van der Waals surface area contributed by atoms with E-state index in [9.17, 15) is 0 Å². The second kappa shape index (κ2) is 11.6. The van der Waals surface area contributed by atoms with Gasteiger partial charge in [0.2, 0.25) is 0 Å². The summed E-state index contributed by atoms with van der Waals surface area (Å²) in [5.74, 6) is 0. The van der Waals surface area contributed by atoms with Crippen molar-refractivity contribution in [2.75, 3.05) is 7.11 Å². The summed E-state index contributed by atoms with van der Waals surface area (Å²) in [6.07, 6.45) is 0. The summed E-state index contributed by atoms with van der Waals surface area (Å²) in [6, 6.07) is 1.25. The number of nitrogens with one attached hydrogen (secondary N) is 1. The van der Waals surface area contributed by atoms with E-state index in [1.165, 1.54) is 0 Å². The molecule has 0 aliphatic rings. The van der Waals surface area contributed by atoms with Gasteiger partial charge < -0.3 is 15.9 Å². The Morgan fingerprint density at radius 3 is 1.10 bits per heavy atom. The minimum atomic E-state index is 0. The average Bonchev–Trinajstić information content (AvgIpc) is 1.68. The normalized spacial score (nSPS) is 8.40. The molecule has 0 aliphatic carbocycles. The van der Waals surface area contributed by atoms with E-state index in [1.807, 2.05) is 0 Å². The Morgan fingerprint density at radius 1 is 0.900 bits per heavy atom. The quantitative estimate of drug-likeness (QED) is 0.591. The molecule has 0 radical (unpaired) electrons. The highest BCUT2D eigenvalue weighted by Crippen LogP contribution is 1.80. The highest BCUT2D eigenvalue weighted by Gasteiger charge is 1.92. The number of aliphatic hydroxyl groups excluding tert-OH is 1. The van der Waals surface area contributed by atoms with E-state index in [4.69, 9.17) is 5.11 Å². The molecule has 0 rings (SSSR count). The fraction of sp³-hybridized carbons (Fsp3) is 1.00. The van der Waals surface area contributed by atoms with Crippen molar-refractivity contribution in [3.63, 3.8) is 0 Å². The second-order valence-corrected chi connectivity index (χ2v) is 2.48. The second-order valence-electron chi connectivity index (χ2n) is 2.48. The van der Waals surface area contributed by atoms with E-state index in [0.717, 1.165) is 7.11 Å². The Labute approximate surface area is 63.8 Å². The summed E-state index contributed by atoms with van der Waals surface area (Å²) in [5.41, 5.74) is 0. The number of aliphatic hydroxyl groups is 1. The Hall–Kier alpha value is -0.120. The molecule has 0 aliphatic heterocycles. The van der Waals surface area contributed by atoms with Gasteiger partial charge in [-0.2, -0.15) is 0 Å². The molecule has 0 saturated carbocycles. The van der Waals surface area contributed by atoms with E-state index < -0.39 is 0 Å². The maximum Gasteiger partial charge on any atom is 0.0319 e. The predicted molar refractivity (Wildman–Crippen MR) is 45.2 cm³/mol. The van der Waals surface area contributed by atoms with E-state index in [-0.39, 0.29) is 5.48 Å². The molecule has 0 bridgehead atoms. The van der Waals surface area contributed by atoms with Crippen molar-refractivity contribution in [2.24, 2.45) is 0 Å². The number of hydrogen-bond acceptors (Lipinski definition) is 2. The summed E-state index contributed by atoms with van der Waals surface area (Å²) in [4.78, 5) is 0. The Bertz CT molecular complexity index is 40.9. The van der Waals surface area contributed by atoms with Crippen molar-refractivity contribution < 1.29 is 10.6 Å². The van der Waals surface area contributed by atoms with Gasteiger partial charge in [0, 0.05) is 19.2 Å². The molecule has 0 unspecified atom stereocenters. The molecule has 0 aromatic carbocycles. The van der Waals surface area contributed by atoms with Crippen LogP contribution in [0.15, 0.2) is 0 Å². The molecular weight excluding hydrogens is 130 g/mol. The van der Waals surface area contributed by atoms with Gasteiger partial charge in [-0.05, 0) is 0 Å². The first-order valence-corrected chi connectivity index (χ1v) is 3.33. The van der Waals surface area contributed by atoms with Crippen LogP contribution in [0.4, 0.5) is 0 Å². The summed E-state index contributed by atoms with van der Waals surface area (Å²) in [6.45, 7) is 8.61. The fourth-order valence-corrected chi connectivity index (χ4v) is 0.667. The van der Waals surface area contributed by atoms with Crippen LogP contribution in [0.1, 0.15) is 27.7 Å². The van der Waals surface area contributed by atoms with Crippen LogP contribution in [0, 0.1) is 0 Å². The largest absolute Gasteiger partial charge is 0.412 e. The van der Waals surface area contributed by atoms with Gasteiger partial charge in [0.15, 0.2) is 0 Å². The lowest BCUT2D eigenvalue weighted by Gasteiger charge is -2.10. The molecule has 0 heterocycles. The van der Waals surface area contributed by atoms with E-state index in [0.29, 0.717) is 12.1 Å². The Balaban J connectivity index is -0.000000149. The summed E-state index contributed by atoms with van der Waals surface area (Å²) < 4.78 is 0. The van der Waals surface area contributed by atoms with Crippen LogP contribution in [-0.4, -0.2) is 29.8 Å². The monoisotopic (exact) mass is 151 g/mol. The smallest absolute Gasteiger partial charge is 0.0319 e. The lowest BCUT2D eigenvalue weighted by Crippen LogP contribution is -2.29. The molecule has 4 N–H and O–H groups in total. The number of hydrogen-bond donors (Lipinski definition) is 2. The molecule has 0 spiro atoms. The summed E-state index contributed by atoms with van der Waals surface area (Å²) in [7, 11) is 1.00. The molecule has 0 saturated heterocycles. The Kier molecular flexibility index (Phi) is 19.2. The zero-order valence-corrected chi connectivity index (χ0v) is 7.60. The van der Waals surface area contributed by atoms with Crippen LogP contribution in [0.3, 0.4) is 0 Å². The van der Waals surface area contributed by atoms with Gasteiger partial charge in [-0.1, -0.05) is 27.7 Å². The van der Waals surface area contributed by atoms with Gasteiger partial charge in [0.1, 0.15) is 0 Å². The average molecular weight is 151 g/mol. The van der Waals surface area contributed by atoms with Gasteiger partial charge in [-0.15, -0.1) is 0 Å². The standard InChI is InChI=1S/C6H15N.CH4O.H2O/c1-5(2)7-6(3)4;1-2;/h5-7H,1-4H3;2H,1H3;1H2.